The molecule has 0 spiro atoms. The molecule has 0 fully saturated rings. The molecule has 1 unspecified atom stereocenters. The van der Waals surface area contributed by atoms with Gasteiger partial charge in [-0.1, -0.05) is 0 Å². The van der Waals surface area contributed by atoms with Crippen LogP contribution < -0.4 is 16.0 Å². The lowest BCUT2D eigenvalue weighted by atomic mass is 9.88. The molecule has 4 rings (SSSR count). The molecule has 3 aromatic rings. The Balaban J connectivity index is 1.93. The number of ether oxygens (including phenoxy) is 1. The Kier molecular flexibility index (Phi) is 4.20. The molecule has 0 aromatic carbocycles. The van der Waals surface area contributed by atoms with Gasteiger partial charge in [0.2, 0.25) is 5.88 Å². The normalized spacial score (nSPS) is 15.5. The minimum atomic E-state index is -1.03. The first-order chi connectivity index (χ1) is 13.9. The molecule has 29 heavy (non-hydrogen) atoms. The third-order valence-corrected chi connectivity index (χ3v) is 4.66. The van der Waals surface area contributed by atoms with Gasteiger partial charge in [0.1, 0.15) is 33.8 Å². The van der Waals surface area contributed by atoms with E-state index in [0.717, 1.165) is 6.07 Å². The number of furan rings is 2. The fraction of sp³-hybridized carbons (Fsp3) is 0.158. The second-order valence-electron chi connectivity index (χ2n) is 6.39. The summed E-state index contributed by atoms with van der Waals surface area (Å²) in [6.45, 7) is 1.89. The predicted molar refractivity (Wildman–Crippen MR) is 97.9 cm³/mol. The van der Waals surface area contributed by atoms with Crippen molar-refractivity contribution in [2.75, 3.05) is 0 Å². The fourth-order valence-corrected chi connectivity index (χ4v) is 3.32. The Morgan fingerprint density at radius 3 is 2.79 bits per heavy atom. The van der Waals surface area contributed by atoms with E-state index in [1.807, 2.05) is 6.07 Å². The highest BCUT2D eigenvalue weighted by molar-refractivity contribution is 5.54. The number of aryl methyl sites for hydroxylation is 1. The van der Waals surface area contributed by atoms with Crippen LogP contribution in [0.3, 0.4) is 0 Å². The topological polar surface area (TPSA) is 150 Å². The Labute approximate surface area is 163 Å². The van der Waals surface area contributed by atoms with E-state index in [0.29, 0.717) is 11.5 Å². The molecule has 1 atom stereocenters. The maximum absolute atomic E-state index is 13.3. The van der Waals surface area contributed by atoms with E-state index >= 15 is 0 Å². The van der Waals surface area contributed by atoms with Crippen molar-refractivity contribution < 1.29 is 18.5 Å². The summed E-state index contributed by atoms with van der Waals surface area (Å²) in [5, 5.41) is 20.6. The van der Waals surface area contributed by atoms with Gasteiger partial charge in [0.25, 0.3) is 5.56 Å². The van der Waals surface area contributed by atoms with Crippen molar-refractivity contribution in [1.29, 1.82) is 5.26 Å². The van der Waals surface area contributed by atoms with Crippen LogP contribution in [0.5, 0.6) is 5.75 Å². The van der Waals surface area contributed by atoms with Crippen LogP contribution in [0.25, 0.3) is 0 Å². The average Bonchev–Trinajstić information content (AvgIpc) is 3.36. The number of rotatable bonds is 4. The Hall–Kier alpha value is -4.26. The summed E-state index contributed by atoms with van der Waals surface area (Å²) in [4.78, 5) is 23.7. The molecule has 10 heteroatoms. The molecule has 10 nitrogen and oxygen atoms in total. The van der Waals surface area contributed by atoms with Gasteiger partial charge < -0.3 is 23.9 Å². The lowest BCUT2D eigenvalue weighted by Crippen LogP contribution is -2.32. The molecule has 0 radical (unpaired) electrons. The first-order valence-corrected chi connectivity index (χ1v) is 8.49. The van der Waals surface area contributed by atoms with E-state index in [1.165, 1.54) is 16.9 Å². The van der Waals surface area contributed by atoms with Crippen molar-refractivity contribution in [3.63, 3.8) is 0 Å². The van der Waals surface area contributed by atoms with Gasteiger partial charge in [0.15, 0.2) is 0 Å². The zero-order chi connectivity index (χ0) is 20.7. The number of nitriles is 1. The number of pyridine rings is 1. The molecule has 146 valence electrons. The summed E-state index contributed by atoms with van der Waals surface area (Å²) < 4.78 is 17.6. The second-order valence-corrected chi connectivity index (χ2v) is 6.39. The van der Waals surface area contributed by atoms with Gasteiger partial charge >= 0.3 is 5.88 Å². The number of nitrogens with two attached hydrogens (primary N) is 1. The van der Waals surface area contributed by atoms with Crippen molar-refractivity contribution in [2.24, 2.45) is 5.73 Å². The first-order valence-electron chi connectivity index (χ1n) is 8.49. The summed E-state index contributed by atoms with van der Waals surface area (Å²) >= 11 is 0. The molecule has 0 aliphatic carbocycles. The zero-order valence-electron chi connectivity index (χ0n) is 15.1. The lowest BCUT2D eigenvalue weighted by molar-refractivity contribution is -0.402. The Morgan fingerprint density at radius 2 is 2.17 bits per heavy atom. The van der Waals surface area contributed by atoms with Crippen LogP contribution in [0.15, 0.2) is 61.7 Å². The van der Waals surface area contributed by atoms with Gasteiger partial charge in [-0.05, 0) is 25.1 Å². The van der Waals surface area contributed by atoms with Crippen molar-refractivity contribution in [1.82, 2.24) is 4.57 Å². The molecule has 1 aliphatic heterocycles. The highest BCUT2D eigenvalue weighted by Crippen LogP contribution is 2.41. The average molecular weight is 394 g/mol. The molecule has 4 heterocycles. The SMILES string of the molecule is Cc1cc2c(c(=O)n1Cc1ccco1)C(c1ccc([N+](=O)[O-])o1)C(C#N)=C(N)O2. The molecule has 1 aliphatic rings. The van der Waals surface area contributed by atoms with Crippen LogP contribution in [0.1, 0.15) is 28.7 Å². The molecule has 0 amide bonds. The monoisotopic (exact) mass is 394 g/mol. The number of hydrogen-bond acceptors (Lipinski definition) is 8. The molecule has 0 bridgehead atoms. The number of allylic oxidation sites excluding steroid dienone is 1. The van der Waals surface area contributed by atoms with Crippen LogP contribution in [-0.4, -0.2) is 9.49 Å². The highest BCUT2D eigenvalue weighted by atomic mass is 16.6. The van der Waals surface area contributed by atoms with Gasteiger partial charge in [-0.25, -0.2) is 0 Å². The number of fused-ring (bicyclic) bond motifs is 1. The van der Waals surface area contributed by atoms with Crippen LogP contribution in [0.4, 0.5) is 5.88 Å². The minimum absolute atomic E-state index is 0.0475. The van der Waals surface area contributed by atoms with Crippen LogP contribution in [-0.2, 0) is 6.54 Å². The summed E-state index contributed by atoms with van der Waals surface area (Å²) in [5.74, 6) is -0.949. The summed E-state index contributed by atoms with van der Waals surface area (Å²) in [6, 6.07) is 9.48. The second kappa shape index (κ2) is 6.72. The van der Waals surface area contributed by atoms with Crippen molar-refractivity contribution >= 4 is 5.88 Å². The van der Waals surface area contributed by atoms with Crippen LogP contribution in [0.2, 0.25) is 0 Å². The standard InChI is InChI=1S/C19H14N4O6/c1-10-7-14-17(19(24)22(10)9-11-3-2-6-27-11)16(12(8-20)18(21)29-14)13-4-5-15(28-13)23(25)26/h2-7,16H,9,21H2,1H3. The van der Waals surface area contributed by atoms with Crippen LogP contribution in [0, 0.1) is 28.4 Å². The fourth-order valence-electron chi connectivity index (χ4n) is 3.32. The maximum Gasteiger partial charge on any atom is 0.433 e. The van der Waals surface area contributed by atoms with E-state index in [1.54, 1.807) is 25.1 Å². The third-order valence-electron chi connectivity index (χ3n) is 4.66. The van der Waals surface area contributed by atoms with Gasteiger partial charge in [-0.15, -0.1) is 0 Å². The van der Waals surface area contributed by atoms with E-state index in [9.17, 15) is 20.2 Å². The minimum Gasteiger partial charge on any atom is -0.467 e. The highest BCUT2D eigenvalue weighted by Gasteiger charge is 2.37. The Morgan fingerprint density at radius 1 is 1.38 bits per heavy atom. The smallest absolute Gasteiger partial charge is 0.433 e. The van der Waals surface area contributed by atoms with Crippen molar-refractivity contribution in [3.05, 3.63) is 91.3 Å². The van der Waals surface area contributed by atoms with E-state index in [2.05, 4.69) is 0 Å². The molecule has 0 saturated heterocycles. The van der Waals surface area contributed by atoms with Gasteiger partial charge in [0, 0.05) is 11.8 Å². The van der Waals surface area contributed by atoms with Crippen molar-refractivity contribution in [2.45, 2.75) is 19.4 Å². The van der Waals surface area contributed by atoms with E-state index < -0.39 is 22.3 Å². The predicted octanol–water partition coefficient (Wildman–Crippen LogP) is 2.52. The number of nitrogens with zero attached hydrogens (tertiary/aromatic N) is 3. The summed E-state index contributed by atoms with van der Waals surface area (Å²) in [7, 11) is 0. The van der Waals surface area contributed by atoms with E-state index in [-0.39, 0.29) is 35.1 Å². The Bertz CT molecular complexity index is 1240. The summed E-state index contributed by atoms with van der Waals surface area (Å²) in [6.07, 6.45) is 1.50. The first kappa shape index (κ1) is 18.1. The lowest BCUT2D eigenvalue weighted by Gasteiger charge is -2.25. The zero-order valence-corrected chi connectivity index (χ0v) is 15.1. The molecular formula is C19H14N4O6. The quantitative estimate of drug-likeness (QED) is 0.523. The number of aromatic nitrogens is 1. The van der Waals surface area contributed by atoms with Crippen LogP contribution >= 0.6 is 0 Å². The molecule has 2 N–H and O–H groups in total. The maximum atomic E-state index is 13.3. The largest absolute Gasteiger partial charge is 0.467 e. The van der Waals surface area contributed by atoms with Crippen molar-refractivity contribution in [3.8, 4) is 11.8 Å². The number of hydrogen-bond donors (Lipinski definition) is 1. The molecular weight excluding hydrogens is 380 g/mol. The van der Waals surface area contributed by atoms with Gasteiger partial charge in [-0.3, -0.25) is 14.9 Å². The van der Waals surface area contributed by atoms with E-state index in [4.69, 9.17) is 19.3 Å². The third kappa shape index (κ3) is 2.94. The molecule has 0 saturated carbocycles. The summed E-state index contributed by atoms with van der Waals surface area (Å²) in [5.41, 5.74) is 6.07. The molecule has 3 aromatic heterocycles. The van der Waals surface area contributed by atoms with Gasteiger partial charge in [0.05, 0.1) is 30.4 Å². The van der Waals surface area contributed by atoms with Gasteiger partial charge in [-0.2, -0.15) is 5.26 Å². The number of nitro groups is 1.